The lowest BCUT2D eigenvalue weighted by Gasteiger charge is -2.19. The second kappa shape index (κ2) is 6.52. The van der Waals surface area contributed by atoms with Gasteiger partial charge in [-0.15, -0.1) is 11.8 Å². The Morgan fingerprint density at radius 1 is 1.14 bits per heavy atom. The third-order valence-corrected chi connectivity index (χ3v) is 4.56. The SMILES string of the molecule is CC(NC(=O)CSC(C)(C)C)c1ccc2ccccc2c1. The van der Waals surface area contributed by atoms with Crippen LogP contribution in [0.1, 0.15) is 39.3 Å². The van der Waals surface area contributed by atoms with Gasteiger partial charge in [-0.3, -0.25) is 4.79 Å². The van der Waals surface area contributed by atoms with Gasteiger partial charge >= 0.3 is 0 Å². The maximum absolute atomic E-state index is 12.0. The average molecular weight is 301 g/mol. The van der Waals surface area contributed by atoms with E-state index in [1.807, 2.05) is 19.1 Å². The molecule has 0 heterocycles. The average Bonchev–Trinajstić information content (AvgIpc) is 2.44. The molecule has 1 unspecified atom stereocenters. The van der Waals surface area contributed by atoms with Crippen LogP contribution in [0.15, 0.2) is 42.5 Å². The van der Waals surface area contributed by atoms with Gasteiger partial charge in [-0.2, -0.15) is 0 Å². The first-order chi connectivity index (χ1) is 9.85. The molecule has 2 rings (SSSR count). The molecule has 2 aromatic rings. The zero-order valence-electron chi connectivity index (χ0n) is 13.1. The Morgan fingerprint density at radius 2 is 1.81 bits per heavy atom. The first-order valence-electron chi connectivity index (χ1n) is 7.27. The van der Waals surface area contributed by atoms with Crippen molar-refractivity contribution in [2.45, 2.75) is 38.5 Å². The van der Waals surface area contributed by atoms with Crippen LogP contribution in [-0.4, -0.2) is 16.4 Å². The Bertz CT molecular complexity index is 630. The van der Waals surface area contributed by atoms with Crippen LogP contribution < -0.4 is 5.32 Å². The fourth-order valence-corrected chi connectivity index (χ4v) is 2.77. The number of carbonyl (C=O) groups is 1. The van der Waals surface area contributed by atoms with E-state index in [1.165, 1.54) is 10.8 Å². The number of nitrogens with one attached hydrogen (secondary N) is 1. The molecule has 0 aliphatic rings. The van der Waals surface area contributed by atoms with Crippen molar-refractivity contribution < 1.29 is 4.79 Å². The number of benzene rings is 2. The summed E-state index contributed by atoms with van der Waals surface area (Å²) in [5.74, 6) is 0.595. The van der Waals surface area contributed by atoms with Crippen LogP contribution in [-0.2, 0) is 4.79 Å². The molecular formula is C18H23NOS. The smallest absolute Gasteiger partial charge is 0.230 e. The van der Waals surface area contributed by atoms with Gasteiger partial charge in [-0.1, -0.05) is 57.2 Å². The van der Waals surface area contributed by atoms with Crippen molar-refractivity contribution in [3.63, 3.8) is 0 Å². The molecule has 1 amide bonds. The van der Waals surface area contributed by atoms with Gasteiger partial charge in [-0.05, 0) is 29.3 Å². The third-order valence-electron chi connectivity index (χ3n) is 3.29. The standard InChI is InChI=1S/C18H23NOS/c1-13(19-17(20)12-21-18(2,3)4)15-10-9-14-7-5-6-8-16(14)11-15/h5-11,13H,12H2,1-4H3,(H,19,20). The summed E-state index contributed by atoms with van der Waals surface area (Å²) in [6.07, 6.45) is 0. The summed E-state index contributed by atoms with van der Waals surface area (Å²) in [6, 6.07) is 14.7. The Labute approximate surface area is 131 Å². The summed E-state index contributed by atoms with van der Waals surface area (Å²) in [5.41, 5.74) is 1.14. The second-order valence-corrected chi connectivity index (χ2v) is 8.10. The van der Waals surface area contributed by atoms with Crippen molar-refractivity contribution >= 4 is 28.4 Å². The zero-order chi connectivity index (χ0) is 15.5. The molecule has 0 spiro atoms. The van der Waals surface area contributed by atoms with Crippen molar-refractivity contribution in [2.75, 3.05) is 5.75 Å². The van der Waals surface area contributed by atoms with E-state index in [0.717, 1.165) is 5.56 Å². The monoisotopic (exact) mass is 301 g/mol. The quantitative estimate of drug-likeness (QED) is 0.897. The van der Waals surface area contributed by atoms with E-state index in [2.05, 4.69) is 56.4 Å². The van der Waals surface area contributed by atoms with Crippen molar-refractivity contribution in [3.8, 4) is 0 Å². The first kappa shape index (κ1) is 15.9. The number of rotatable bonds is 4. The topological polar surface area (TPSA) is 29.1 Å². The van der Waals surface area contributed by atoms with Gasteiger partial charge < -0.3 is 5.32 Å². The molecule has 0 saturated carbocycles. The van der Waals surface area contributed by atoms with E-state index in [9.17, 15) is 4.79 Å². The number of fused-ring (bicyclic) bond motifs is 1. The van der Waals surface area contributed by atoms with Gasteiger partial charge in [0.1, 0.15) is 0 Å². The van der Waals surface area contributed by atoms with E-state index >= 15 is 0 Å². The number of hydrogen-bond acceptors (Lipinski definition) is 2. The second-order valence-electron chi connectivity index (χ2n) is 6.30. The predicted octanol–water partition coefficient (Wildman–Crippen LogP) is 4.55. The zero-order valence-corrected chi connectivity index (χ0v) is 14.0. The van der Waals surface area contributed by atoms with Crippen LogP contribution >= 0.6 is 11.8 Å². The van der Waals surface area contributed by atoms with Crippen LogP contribution in [0.4, 0.5) is 0 Å². The van der Waals surface area contributed by atoms with Crippen LogP contribution in [0.2, 0.25) is 0 Å². The normalized spacial score (nSPS) is 13.1. The lowest BCUT2D eigenvalue weighted by molar-refractivity contribution is -0.119. The van der Waals surface area contributed by atoms with Gasteiger partial charge in [0.25, 0.3) is 0 Å². The molecule has 0 aromatic heterocycles. The van der Waals surface area contributed by atoms with E-state index in [0.29, 0.717) is 5.75 Å². The predicted molar refractivity (Wildman–Crippen MR) is 92.7 cm³/mol. The van der Waals surface area contributed by atoms with E-state index in [1.54, 1.807) is 11.8 Å². The molecular weight excluding hydrogens is 278 g/mol. The largest absolute Gasteiger partial charge is 0.349 e. The molecule has 0 radical (unpaired) electrons. The molecule has 1 N–H and O–H groups in total. The fraction of sp³-hybridized carbons (Fsp3) is 0.389. The number of hydrogen-bond donors (Lipinski definition) is 1. The number of thioether (sulfide) groups is 1. The summed E-state index contributed by atoms with van der Waals surface area (Å²) in [6.45, 7) is 8.40. The molecule has 3 heteroatoms. The summed E-state index contributed by atoms with van der Waals surface area (Å²) in [5, 5.41) is 5.51. The van der Waals surface area contributed by atoms with Gasteiger partial charge in [-0.25, -0.2) is 0 Å². The molecule has 112 valence electrons. The molecule has 2 nitrogen and oxygen atoms in total. The van der Waals surface area contributed by atoms with Gasteiger partial charge in [0.05, 0.1) is 11.8 Å². The number of amides is 1. The van der Waals surface area contributed by atoms with E-state index in [-0.39, 0.29) is 16.7 Å². The molecule has 0 aliphatic carbocycles. The lowest BCUT2D eigenvalue weighted by atomic mass is 10.0. The Balaban J connectivity index is 2.01. The molecule has 0 aliphatic heterocycles. The van der Waals surface area contributed by atoms with Crippen molar-refractivity contribution in [1.82, 2.24) is 5.32 Å². The Kier molecular flexibility index (Phi) is 4.94. The van der Waals surface area contributed by atoms with Crippen molar-refractivity contribution in [2.24, 2.45) is 0 Å². The first-order valence-corrected chi connectivity index (χ1v) is 8.26. The van der Waals surface area contributed by atoms with E-state index < -0.39 is 0 Å². The summed E-state index contributed by atoms with van der Waals surface area (Å²) < 4.78 is 0.115. The molecule has 21 heavy (non-hydrogen) atoms. The molecule has 2 aromatic carbocycles. The molecule has 0 bridgehead atoms. The maximum atomic E-state index is 12.0. The lowest BCUT2D eigenvalue weighted by Crippen LogP contribution is -2.29. The summed E-state index contributed by atoms with van der Waals surface area (Å²) in [4.78, 5) is 12.0. The number of carbonyl (C=O) groups excluding carboxylic acids is 1. The fourth-order valence-electron chi connectivity index (χ4n) is 2.13. The highest BCUT2D eigenvalue weighted by Gasteiger charge is 2.15. The molecule has 1 atom stereocenters. The Hall–Kier alpha value is -1.48. The van der Waals surface area contributed by atoms with E-state index in [4.69, 9.17) is 0 Å². The van der Waals surface area contributed by atoms with Crippen LogP contribution in [0, 0.1) is 0 Å². The highest BCUT2D eigenvalue weighted by Crippen LogP contribution is 2.23. The van der Waals surface area contributed by atoms with Crippen LogP contribution in [0.5, 0.6) is 0 Å². The minimum absolute atomic E-state index is 0.0303. The highest BCUT2D eigenvalue weighted by atomic mass is 32.2. The highest BCUT2D eigenvalue weighted by molar-refractivity contribution is 8.01. The molecule has 0 fully saturated rings. The minimum atomic E-state index is 0.0303. The van der Waals surface area contributed by atoms with Crippen LogP contribution in [0.3, 0.4) is 0 Å². The van der Waals surface area contributed by atoms with Crippen LogP contribution in [0.25, 0.3) is 10.8 Å². The van der Waals surface area contributed by atoms with Gasteiger partial charge in [0.15, 0.2) is 0 Å². The van der Waals surface area contributed by atoms with Crippen molar-refractivity contribution in [3.05, 3.63) is 48.0 Å². The minimum Gasteiger partial charge on any atom is -0.349 e. The van der Waals surface area contributed by atoms with Gasteiger partial charge in [0.2, 0.25) is 5.91 Å². The third kappa shape index (κ3) is 4.78. The summed E-state index contributed by atoms with van der Waals surface area (Å²) >= 11 is 1.67. The molecule has 0 saturated heterocycles. The van der Waals surface area contributed by atoms with Gasteiger partial charge in [0, 0.05) is 4.75 Å². The maximum Gasteiger partial charge on any atom is 0.230 e. The summed E-state index contributed by atoms with van der Waals surface area (Å²) in [7, 11) is 0. The van der Waals surface area contributed by atoms with Crippen molar-refractivity contribution in [1.29, 1.82) is 0 Å². The Morgan fingerprint density at radius 3 is 2.48 bits per heavy atom.